The number of fused-ring (bicyclic) bond motifs is 4. The third kappa shape index (κ3) is 1.95. The van der Waals surface area contributed by atoms with E-state index in [-0.39, 0.29) is 0 Å². The van der Waals surface area contributed by atoms with E-state index < -0.39 is 0 Å². The number of aliphatic imine (C=N–C) groups is 1. The second-order valence-corrected chi connectivity index (χ2v) is 6.25. The van der Waals surface area contributed by atoms with Crippen molar-refractivity contribution < 1.29 is 4.42 Å². The largest absolute Gasteiger partial charge is 0.464 e. The highest BCUT2D eigenvalue weighted by Crippen LogP contribution is 2.30. The third-order valence-electron chi connectivity index (χ3n) is 4.47. The van der Waals surface area contributed by atoms with Crippen LogP contribution in [0.15, 0.2) is 76.5 Å². The number of hydrogen-bond acceptors (Lipinski definition) is 2. The van der Waals surface area contributed by atoms with Crippen molar-refractivity contribution in [2.24, 2.45) is 4.99 Å². The first-order valence-corrected chi connectivity index (χ1v) is 8.16. The topological polar surface area (TPSA) is 30.4 Å². The van der Waals surface area contributed by atoms with Crippen molar-refractivity contribution in [3.63, 3.8) is 0 Å². The maximum absolute atomic E-state index is 6.41. The van der Waals surface area contributed by atoms with Crippen LogP contribution in [0.1, 0.15) is 16.8 Å². The van der Waals surface area contributed by atoms with Gasteiger partial charge in [-0.05, 0) is 36.4 Å². The quantitative estimate of drug-likeness (QED) is 0.469. The van der Waals surface area contributed by atoms with Gasteiger partial charge in [0.2, 0.25) is 0 Å². The van der Waals surface area contributed by atoms with Gasteiger partial charge in [-0.2, -0.15) is 0 Å². The van der Waals surface area contributed by atoms with Gasteiger partial charge in [-0.1, -0.05) is 29.8 Å². The van der Waals surface area contributed by atoms with Gasteiger partial charge in [0.05, 0.1) is 29.9 Å². The molecule has 116 valence electrons. The minimum atomic E-state index is 0.558. The summed E-state index contributed by atoms with van der Waals surface area (Å²) in [7, 11) is 0. The highest BCUT2D eigenvalue weighted by atomic mass is 35.5. The van der Waals surface area contributed by atoms with Gasteiger partial charge in [-0.3, -0.25) is 4.99 Å². The molecule has 24 heavy (non-hydrogen) atoms. The van der Waals surface area contributed by atoms with Crippen molar-refractivity contribution in [1.29, 1.82) is 0 Å². The fraction of sp³-hybridized carbons (Fsp3) is 0.0500. The summed E-state index contributed by atoms with van der Waals surface area (Å²) in [5, 5.41) is 1.84. The van der Waals surface area contributed by atoms with E-state index in [0.717, 1.165) is 44.2 Å². The van der Waals surface area contributed by atoms with Crippen LogP contribution in [0, 0.1) is 0 Å². The molecule has 0 aliphatic carbocycles. The molecule has 0 saturated heterocycles. The molecule has 3 nitrogen and oxygen atoms in total. The van der Waals surface area contributed by atoms with Crippen LogP contribution >= 0.6 is 11.6 Å². The Morgan fingerprint density at radius 3 is 2.96 bits per heavy atom. The molecular weight excluding hydrogens is 320 g/mol. The molecule has 0 saturated carbocycles. The van der Waals surface area contributed by atoms with E-state index in [0.29, 0.717) is 6.54 Å². The third-order valence-corrected chi connectivity index (χ3v) is 4.82. The number of rotatable bonds is 1. The second-order valence-electron chi connectivity index (χ2n) is 5.84. The number of benzene rings is 2. The molecule has 0 amide bonds. The molecule has 1 aliphatic heterocycles. The Hall–Kier alpha value is -2.78. The van der Waals surface area contributed by atoms with E-state index in [1.807, 2.05) is 30.3 Å². The first kappa shape index (κ1) is 13.6. The molecule has 4 heteroatoms. The zero-order valence-electron chi connectivity index (χ0n) is 12.7. The monoisotopic (exact) mass is 332 g/mol. The average molecular weight is 333 g/mol. The Balaban J connectivity index is 1.75. The zero-order chi connectivity index (χ0) is 16.1. The lowest BCUT2D eigenvalue weighted by Crippen LogP contribution is -2.08. The molecule has 0 unspecified atom stereocenters. The van der Waals surface area contributed by atoms with Crippen LogP contribution in [0.4, 0.5) is 0 Å². The van der Waals surface area contributed by atoms with Crippen LogP contribution in [0.3, 0.4) is 0 Å². The van der Waals surface area contributed by atoms with Crippen LogP contribution in [0.25, 0.3) is 16.7 Å². The maximum atomic E-state index is 6.41. The van der Waals surface area contributed by atoms with Gasteiger partial charge < -0.3 is 8.98 Å². The maximum Gasteiger partial charge on any atom is 0.134 e. The second kappa shape index (κ2) is 5.11. The molecule has 0 fully saturated rings. The molecule has 0 N–H and O–H groups in total. The van der Waals surface area contributed by atoms with E-state index in [2.05, 4.69) is 35.0 Å². The van der Waals surface area contributed by atoms with Crippen LogP contribution in [-0.4, -0.2) is 10.3 Å². The molecule has 0 bridgehead atoms. The van der Waals surface area contributed by atoms with E-state index in [4.69, 9.17) is 21.0 Å². The minimum Gasteiger partial charge on any atom is -0.464 e. The van der Waals surface area contributed by atoms with E-state index in [9.17, 15) is 0 Å². The lowest BCUT2D eigenvalue weighted by atomic mass is 10.1. The predicted octanol–water partition coefficient (Wildman–Crippen LogP) is 5.23. The molecule has 1 aliphatic rings. The molecule has 3 heterocycles. The van der Waals surface area contributed by atoms with Crippen LogP contribution in [0.5, 0.6) is 0 Å². The number of hydrogen-bond donors (Lipinski definition) is 0. The standard InChI is InChI=1S/C20H13ClN2O/c21-16-3-1-4-17-15(16)12-22-20(18-5-2-9-23(17)18)14-7-6-13-8-10-24-19(13)11-14/h1-11H,12H2. The van der Waals surface area contributed by atoms with Gasteiger partial charge in [0.25, 0.3) is 0 Å². The SMILES string of the molecule is Clc1cccc2c1CN=C(c1ccc3ccoc3c1)c1cccn1-2. The summed E-state index contributed by atoms with van der Waals surface area (Å²) in [6, 6.07) is 18.3. The zero-order valence-corrected chi connectivity index (χ0v) is 13.5. The number of furan rings is 1. The smallest absolute Gasteiger partial charge is 0.134 e. The van der Waals surface area contributed by atoms with Gasteiger partial charge in [0.1, 0.15) is 5.58 Å². The highest BCUT2D eigenvalue weighted by molar-refractivity contribution is 6.31. The van der Waals surface area contributed by atoms with Crippen molar-refractivity contribution in [3.8, 4) is 5.69 Å². The number of halogens is 1. The lowest BCUT2D eigenvalue weighted by Gasteiger charge is -2.11. The highest BCUT2D eigenvalue weighted by Gasteiger charge is 2.19. The van der Waals surface area contributed by atoms with Gasteiger partial charge in [-0.25, -0.2) is 0 Å². The summed E-state index contributed by atoms with van der Waals surface area (Å²) < 4.78 is 7.70. The summed E-state index contributed by atoms with van der Waals surface area (Å²) in [6.07, 6.45) is 3.76. The molecule has 4 aromatic rings. The lowest BCUT2D eigenvalue weighted by molar-refractivity contribution is 0.616. The molecule has 2 aromatic heterocycles. The van der Waals surface area contributed by atoms with E-state index >= 15 is 0 Å². The van der Waals surface area contributed by atoms with Crippen molar-refractivity contribution in [2.75, 3.05) is 0 Å². The van der Waals surface area contributed by atoms with E-state index in [1.54, 1.807) is 6.26 Å². The fourth-order valence-electron chi connectivity index (χ4n) is 3.29. The van der Waals surface area contributed by atoms with Crippen molar-refractivity contribution in [1.82, 2.24) is 4.57 Å². The molecule has 0 spiro atoms. The Bertz CT molecular complexity index is 1100. The van der Waals surface area contributed by atoms with Crippen LogP contribution in [-0.2, 0) is 6.54 Å². The molecular formula is C20H13ClN2O. The first-order valence-electron chi connectivity index (χ1n) is 7.79. The first-order chi connectivity index (χ1) is 11.8. The Morgan fingerprint density at radius 1 is 1.04 bits per heavy atom. The van der Waals surface area contributed by atoms with Crippen molar-refractivity contribution in [3.05, 3.63) is 88.9 Å². The fourth-order valence-corrected chi connectivity index (χ4v) is 3.52. The normalized spacial score (nSPS) is 13.3. The molecule has 2 aromatic carbocycles. The van der Waals surface area contributed by atoms with Crippen LogP contribution in [0.2, 0.25) is 5.02 Å². The van der Waals surface area contributed by atoms with Gasteiger partial charge in [0.15, 0.2) is 0 Å². The summed E-state index contributed by atoms with van der Waals surface area (Å²) in [6.45, 7) is 0.558. The molecule has 0 radical (unpaired) electrons. The van der Waals surface area contributed by atoms with Gasteiger partial charge in [-0.15, -0.1) is 0 Å². The summed E-state index contributed by atoms with van der Waals surface area (Å²) in [5.41, 5.74) is 6.05. The van der Waals surface area contributed by atoms with Gasteiger partial charge >= 0.3 is 0 Å². The Morgan fingerprint density at radius 2 is 2.00 bits per heavy atom. The van der Waals surface area contributed by atoms with Crippen LogP contribution < -0.4 is 0 Å². The summed E-state index contributed by atoms with van der Waals surface area (Å²) >= 11 is 6.41. The van der Waals surface area contributed by atoms with Crippen molar-refractivity contribution in [2.45, 2.75) is 6.54 Å². The molecule has 0 atom stereocenters. The van der Waals surface area contributed by atoms with E-state index in [1.165, 1.54) is 0 Å². The average Bonchev–Trinajstić information content (AvgIpc) is 3.22. The number of nitrogens with zero attached hydrogens (tertiary/aromatic N) is 2. The summed E-state index contributed by atoms with van der Waals surface area (Å²) in [5.74, 6) is 0. The molecule has 5 rings (SSSR count). The Kier molecular flexibility index (Phi) is 2.91. The number of aromatic nitrogens is 1. The minimum absolute atomic E-state index is 0.558. The summed E-state index contributed by atoms with van der Waals surface area (Å²) in [4.78, 5) is 4.87. The van der Waals surface area contributed by atoms with Gasteiger partial charge in [0, 0.05) is 27.7 Å². The van der Waals surface area contributed by atoms with Crippen molar-refractivity contribution >= 4 is 28.3 Å². The predicted molar refractivity (Wildman–Crippen MR) is 96.3 cm³/mol. The Labute approximate surface area is 143 Å².